The summed E-state index contributed by atoms with van der Waals surface area (Å²) in [4.78, 5) is 74.6. The lowest BCUT2D eigenvalue weighted by atomic mass is 9.97. The Labute approximate surface area is 173 Å². The van der Waals surface area contributed by atoms with Crippen LogP contribution in [-0.4, -0.2) is 92.0 Å². The Bertz CT molecular complexity index is 810. The average molecular weight is 424 g/mol. The van der Waals surface area contributed by atoms with Gasteiger partial charge in [-0.2, -0.15) is 0 Å². The van der Waals surface area contributed by atoms with Crippen LogP contribution in [0.5, 0.6) is 0 Å². The van der Waals surface area contributed by atoms with Gasteiger partial charge in [-0.15, -0.1) is 10.1 Å². The van der Waals surface area contributed by atoms with Crippen LogP contribution >= 0.6 is 0 Å². The topological polar surface area (TPSA) is 147 Å². The number of aldehydes is 2. The molecule has 0 unspecified atom stereocenters. The van der Waals surface area contributed by atoms with Crippen LogP contribution in [0.2, 0.25) is 0 Å². The van der Waals surface area contributed by atoms with Crippen LogP contribution in [0.3, 0.4) is 0 Å². The van der Waals surface area contributed by atoms with Gasteiger partial charge in [0.1, 0.15) is 0 Å². The third kappa shape index (κ3) is 7.66. The van der Waals surface area contributed by atoms with Gasteiger partial charge in [-0.1, -0.05) is 0 Å². The van der Waals surface area contributed by atoms with E-state index in [2.05, 4.69) is 4.84 Å². The Morgan fingerprint density at radius 3 is 1.73 bits per heavy atom. The number of nitrogens with zero attached hydrogens (tertiary/aromatic N) is 4. The number of benzene rings is 1. The molecule has 0 aromatic heterocycles. The molecular weight excluding hydrogens is 400 g/mol. The second kappa shape index (κ2) is 12.6. The van der Waals surface area contributed by atoms with E-state index < -0.39 is 23.6 Å². The molecule has 164 valence electrons. The maximum atomic E-state index is 12.4. The van der Waals surface area contributed by atoms with E-state index in [0.717, 1.165) is 23.4 Å². The molecule has 1 rings (SSSR count). The number of amides is 3. The molecule has 0 bridgehead atoms. The van der Waals surface area contributed by atoms with Crippen LogP contribution in [0, 0.1) is 10.1 Å². The van der Waals surface area contributed by atoms with Crippen molar-refractivity contribution in [1.82, 2.24) is 14.7 Å². The van der Waals surface area contributed by atoms with Crippen LogP contribution in [0.25, 0.3) is 0 Å². The van der Waals surface area contributed by atoms with E-state index in [1.165, 1.54) is 23.9 Å². The molecule has 0 aliphatic carbocycles. The molecule has 0 aliphatic rings. The van der Waals surface area contributed by atoms with Crippen molar-refractivity contribution in [2.24, 2.45) is 0 Å². The second-order valence-electron chi connectivity index (χ2n) is 6.14. The minimum absolute atomic E-state index is 0.0341. The summed E-state index contributed by atoms with van der Waals surface area (Å²) >= 11 is 0. The monoisotopic (exact) mass is 424 g/mol. The van der Waals surface area contributed by atoms with Gasteiger partial charge in [-0.05, 0) is 19.1 Å². The number of carbonyl (C=O) groups excluding carboxylic acids is 5. The molecule has 0 spiro atoms. The van der Waals surface area contributed by atoms with Crippen molar-refractivity contribution in [2.45, 2.75) is 6.92 Å². The van der Waals surface area contributed by atoms with E-state index >= 15 is 0 Å². The predicted octanol–water partition coefficient (Wildman–Crippen LogP) is 0.346. The summed E-state index contributed by atoms with van der Waals surface area (Å²) in [7, 11) is 6.12. The third-order valence-corrected chi connectivity index (χ3v) is 3.67. The molecule has 12 heteroatoms. The fourth-order valence-electron chi connectivity index (χ4n) is 1.95. The Balaban J connectivity index is 0.00000150. The van der Waals surface area contributed by atoms with E-state index in [1.54, 1.807) is 21.0 Å². The van der Waals surface area contributed by atoms with Crippen molar-refractivity contribution < 1.29 is 33.9 Å². The molecule has 0 radical (unpaired) electrons. The third-order valence-electron chi connectivity index (χ3n) is 3.67. The number of hydrogen-bond acceptors (Lipinski definition) is 8. The highest BCUT2D eigenvalue weighted by molar-refractivity contribution is 6.08. The molecule has 1 aromatic carbocycles. The quantitative estimate of drug-likeness (QED) is 0.239. The summed E-state index contributed by atoms with van der Waals surface area (Å²) < 4.78 is 0. The summed E-state index contributed by atoms with van der Waals surface area (Å²) in [5.74, 6) is -1.27. The van der Waals surface area contributed by atoms with Gasteiger partial charge in [0.25, 0.3) is 16.9 Å². The average Bonchev–Trinajstić information content (AvgIpc) is 2.74. The molecule has 3 amide bonds. The van der Waals surface area contributed by atoms with Gasteiger partial charge in [-0.3, -0.25) is 28.8 Å². The van der Waals surface area contributed by atoms with Gasteiger partial charge in [0, 0.05) is 45.9 Å². The molecule has 0 aliphatic heterocycles. The van der Waals surface area contributed by atoms with Gasteiger partial charge in [-0.25, -0.2) is 0 Å². The normalized spacial score (nSPS) is 9.37. The van der Waals surface area contributed by atoms with Gasteiger partial charge in [0.05, 0.1) is 11.1 Å². The van der Waals surface area contributed by atoms with Crippen LogP contribution in [0.1, 0.15) is 48.4 Å². The van der Waals surface area contributed by atoms with Crippen molar-refractivity contribution >= 4 is 30.8 Å². The molecule has 0 heterocycles. The summed E-state index contributed by atoms with van der Waals surface area (Å²) in [6.45, 7) is 1.44. The van der Waals surface area contributed by atoms with E-state index in [9.17, 15) is 34.1 Å². The molecule has 0 saturated heterocycles. The first-order valence-corrected chi connectivity index (χ1v) is 8.52. The Morgan fingerprint density at radius 2 is 1.40 bits per heavy atom. The van der Waals surface area contributed by atoms with Gasteiger partial charge in [0.15, 0.2) is 19.3 Å². The van der Waals surface area contributed by atoms with E-state index in [1.807, 2.05) is 0 Å². The van der Waals surface area contributed by atoms with Crippen LogP contribution < -0.4 is 0 Å². The van der Waals surface area contributed by atoms with Crippen molar-refractivity contribution in [1.29, 1.82) is 0 Å². The van der Waals surface area contributed by atoms with Crippen molar-refractivity contribution in [3.63, 3.8) is 0 Å². The molecule has 1 aromatic rings. The van der Waals surface area contributed by atoms with E-state index in [4.69, 9.17) is 0 Å². The highest BCUT2D eigenvalue weighted by atomic mass is 17.0. The van der Waals surface area contributed by atoms with Gasteiger partial charge < -0.3 is 14.7 Å². The maximum Gasteiger partial charge on any atom is 0.296 e. The zero-order valence-corrected chi connectivity index (χ0v) is 17.4. The minimum Gasteiger partial charge on any atom is -0.351 e. The zero-order chi connectivity index (χ0) is 23.4. The van der Waals surface area contributed by atoms with Crippen LogP contribution in [0.4, 0.5) is 0 Å². The molecule has 12 nitrogen and oxygen atoms in total. The summed E-state index contributed by atoms with van der Waals surface area (Å²) in [5.41, 5.74) is -0.358. The summed E-state index contributed by atoms with van der Waals surface area (Å²) in [6.07, 6.45) is 1.53. The first-order chi connectivity index (χ1) is 14.0. The minimum atomic E-state index is -1.06. The molecule has 30 heavy (non-hydrogen) atoms. The summed E-state index contributed by atoms with van der Waals surface area (Å²) in [6, 6.07) is 2.26. The molecule has 0 N–H and O–H groups in total. The van der Waals surface area contributed by atoms with Crippen LogP contribution in [0.15, 0.2) is 12.1 Å². The number of hydrogen-bond donors (Lipinski definition) is 0. The van der Waals surface area contributed by atoms with Crippen LogP contribution in [-0.2, 0) is 9.63 Å². The lowest BCUT2D eigenvalue weighted by molar-refractivity contribution is -0.761. The van der Waals surface area contributed by atoms with E-state index in [-0.39, 0.29) is 22.3 Å². The predicted molar refractivity (Wildman–Crippen MR) is 105 cm³/mol. The Hall–Kier alpha value is -3.83. The van der Waals surface area contributed by atoms with Crippen molar-refractivity contribution in [3.05, 3.63) is 44.5 Å². The SMILES string of the molecule is CCN(C)C(=O)c1cc(C(=O)N(C)CO[N+](=O)[O-])c(C=O)cc1C=O.CN(C)C=O. The molecule has 0 saturated carbocycles. The maximum absolute atomic E-state index is 12.4. The highest BCUT2D eigenvalue weighted by Gasteiger charge is 2.23. The largest absolute Gasteiger partial charge is 0.351 e. The number of rotatable bonds is 9. The lowest BCUT2D eigenvalue weighted by Crippen LogP contribution is -2.32. The Kier molecular flexibility index (Phi) is 11.0. The standard InChI is InChI=1S/C15H17N3O7.C3H7NO/c1-4-16(2)14(21)12-6-13(11(8-20)5-10(12)7-19)15(22)17(3)9-25-18(23)24;1-4(2)3-5/h5-8H,4,9H2,1-3H3;3H,1-2H3. The van der Waals surface area contributed by atoms with Crippen molar-refractivity contribution in [2.75, 3.05) is 41.5 Å². The lowest BCUT2D eigenvalue weighted by Gasteiger charge is -2.19. The zero-order valence-electron chi connectivity index (χ0n) is 17.4. The molecular formula is C18H24N4O8. The first kappa shape index (κ1) is 26.2. The fraction of sp³-hybridized carbons (Fsp3) is 0.389. The second-order valence-corrected chi connectivity index (χ2v) is 6.14. The van der Waals surface area contributed by atoms with Crippen molar-refractivity contribution in [3.8, 4) is 0 Å². The molecule has 0 atom stereocenters. The fourth-order valence-corrected chi connectivity index (χ4v) is 1.95. The van der Waals surface area contributed by atoms with E-state index in [0.29, 0.717) is 19.1 Å². The smallest absolute Gasteiger partial charge is 0.296 e. The van der Waals surface area contributed by atoms with Gasteiger partial charge >= 0.3 is 0 Å². The Morgan fingerprint density at radius 1 is 0.967 bits per heavy atom. The highest BCUT2D eigenvalue weighted by Crippen LogP contribution is 2.18. The number of carbonyl (C=O) groups is 5. The van der Waals surface area contributed by atoms with Gasteiger partial charge in [0.2, 0.25) is 6.41 Å². The molecule has 0 fully saturated rings. The summed E-state index contributed by atoms with van der Waals surface area (Å²) in [5, 5.41) is 9.16. The first-order valence-electron chi connectivity index (χ1n) is 8.52.